The minimum atomic E-state index is -0.844. The summed E-state index contributed by atoms with van der Waals surface area (Å²) < 4.78 is 0.785. The molecule has 0 aliphatic carbocycles. The highest BCUT2D eigenvalue weighted by atomic mass is 79.9. The van der Waals surface area contributed by atoms with Crippen LogP contribution < -0.4 is 0 Å². The molecule has 0 aliphatic rings. The molecule has 0 amide bonds. The molecule has 0 fully saturated rings. The first-order chi connectivity index (χ1) is 5.63. The van der Waals surface area contributed by atoms with Crippen LogP contribution >= 0.6 is 15.9 Å². The minimum Gasteiger partial charge on any atom is -0.481 e. The summed E-state index contributed by atoms with van der Waals surface area (Å²) >= 11 is 3.26. The van der Waals surface area contributed by atoms with Crippen LogP contribution in [0.5, 0.6) is 0 Å². The number of aliphatic carboxylic acids is 1. The Hall–Kier alpha value is -0.900. The second-order valence-corrected chi connectivity index (χ2v) is 3.31. The number of aromatic nitrogens is 1. The molecule has 12 heavy (non-hydrogen) atoms. The van der Waals surface area contributed by atoms with E-state index in [9.17, 15) is 4.79 Å². The van der Waals surface area contributed by atoms with Crippen molar-refractivity contribution in [2.75, 3.05) is 0 Å². The fourth-order valence-electron chi connectivity index (χ4n) is 0.841. The Kier molecular flexibility index (Phi) is 2.81. The van der Waals surface area contributed by atoms with Gasteiger partial charge in [0.25, 0.3) is 0 Å². The molecule has 0 saturated heterocycles. The molecule has 0 bridgehead atoms. The van der Waals surface area contributed by atoms with Gasteiger partial charge in [0.2, 0.25) is 0 Å². The van der Waals surface area contributed by atoms with Crippen molar-refractivity contribution in [2.24, 2.45) is 0 Å². The van der Waals surface area contributed by atoms with E-state index in [1.54, 1.807) is 25.4 Å². The van der Waals surface area contributed by atoms with Crippen molar-refractivity contribution in [3.8, 4) is 0 Å². The summed E-state index contributed by atoms with van der Waals surface area (Å²) in [7, 11) is 0. The number of halogens is 1. The highest BCUT2D eigenvalue weighted by molar-refractivity contribution is 9.10. The van der Waals surface area contributed by atoms with E-state index in [1.807, 2.05) is 0 Å². The Morgan fingerprint density at radius 1 is 1.75 bits per heavy atom. The molecule has 0 saturated carbocycles. The fourth-order valence-corrected chi connectivity index (χ4v) is 1.41. The molecule has 0 radical (unpaired) electrons. The molecular formula is C8H8BrNO2. The van der Waals surface area contributed by atoms with Crippen molar-refractivity contribution in [3.05, 3.63) is 28.5 Å². The normalized spacial score (nSPS) is 12.5. The minimum absolute atomic E-state index is 0.520. The zero-order valence-electron chi connectivity index (χ0n) is 6.49. The molecule has 1 heterocycles. The van der Waals surface area contributed by atoms with Crippen molar-refractivity contribution in [3.63, 3.8) is 0 Å². The third kappa shape index (κ3) is 1.82. The summed E-state index contributed by atoms with van der Waals surface area (Å²) in [6.45, 7) is 1.63. The maximum absolute atomic E-state index is 10.6. The lowest BCUT2D eigenvalue weighted by Crippen LogP contribution is -2.08. The summed E-state index contributed by atoms with van der Waals surface area (Å²) in [5.41, 5.74) is 0.699. The number of carboxylic acids is 1. The zero-order valence-corrected chi connectivity index (χ0v) is 8.08. The molecule has 3 nitrogen and oxygen atoms in total. The lowest BCUT2D eigenvalue weighted by molar-refractivity contribution is -0.138. The van der Waals surface area contributed by atoms with Crippen LogP contribution in [-0.4, -0.2) is 16.1 Å². The van der Waals surface area contributed by atoms with Gasteiger partial charge in [-0.25, -0.2) is 0 Å². The largest absolute Gasteiger partial charge is 0.481 e. The van der Waals surface area contributed by atoms with Crippen LogP contribution in [0.15, 0.2) is 22.9 Å². The van der Waals surface area contributed by atoms with E-state index < -0.39 is 11.9 Å². The van der Waals surface area contributed by atoms with Crippen molar-refractivity contribution in [2.45, 2.75) is 12.8 Å². The quantitative estimate of drug-likeness (QED) is 0.845. The van der Waals surface area contributed by atoms with Gasteiger partial charge in [0, 0.05) is 16.9 Å². The van der Waals surface area contributed by atoms with Crippen molar-refractivity contribution < 1.29 is 9.90 Å². The van der Waals surface area contributed by atoms with Crippen LogP contribution in [0.2, 0.25) is 0 Å². The zero-order chi connectivity index (χ0) is 9.14. The Bertz CT molecular complexity index is 301. The lowest BCUT2D eigenvalue weighted by Gasteiger charge is -2.06. The van der Waals surface area contributed by atoms with Gasteiger partial charge in [-0.3, -0.25) is 9.78 Å². The second-order valence-electron chi connectivity index (χ2n) is 2.46. The molecule has 4 heteroatoms. The predicted octanol–water partition coefficient (Wildman–Crippen LogP) is 2.03. The molecule has 0 aromatic carbocycles. The summed E-state index contributed by atoms with van der Waals surface area (Å²) in [4.78, 5) is 14.5. The van der Waals surface area contributed by atoms with E-state index in [2.05, 4.69) is 20.9 Å². The number of rotatable bonds is 2. The van der Waals surface area contributed by atoms with E-state index in [4.69, 9.17) is 5.11 Å². The third-order valence-corrected chi connectivity index (χ3v) is 2.36. The van der Waals surface area contributed by atoms with E-state index in [0.717, 1.165) is 4.47 Å². The highest BCUT2D eigenvalue weighted by Crippen LogP contribution is 2.23. The van der Waals surface area contributed by atoms with E-state index in [-0.39, 0.29) is 0 Å². The topological polar surface area (TPSA) is 50.2 Å². The van der Waals surface area contributed by atoms with E-state index >= 15 is 0 Å². The Morgan fingerprint density at radius 3 is 2.92 bits per heavy atom. The first-order valence-corrected chi connectivity index (χ1v) is 4.24. The van der Waals surface area contributed by atoms with Crippen LogP contribution in [0.25, 0.3) is 0 Å². The molecule has 0 spiro atoms. The average Bonchev–Trinajstić information content (AvgIpc) is 2.04. The van der Waals surface area contributed by atoms with Gasteiger partial charge in [0.05, 0.1) is 5.92 Å². The first kappa shape index (κ1) is 9.19. The summed E-state index contributed by atoms with van der Waals surface area (Å²) in [6.07, 6.45) is 3.17. The number of carbonyl (C=O) groups is 1. The van der Waals surface area contributed by atoms with E-state index in [0.29, 0.717) is 5.56 Å². The molecule has 1 aromatic rings. The summed E-state index contributed by atoms with van der Waals surface area (Å²) in [6, 6.07) is 1.73. The van der Waals surface area contributed by atoms with Crippen molar-refractivity contribution in [1.82, 2.24) is 4.98 Å². The molecule has 0 aliphatic heterocycles. The van der Waals surface area contributed by atoms with Gasteiger partial charge < -0.3 is 5.11 Å². The smallest absolute Gasteiger partial charge is 0.310 e. The first-order valence-electron chi connectivity index (χ1n) is 3.45. The van der Waals surface area contributed by atoms with E-state index in [1.165, 1.54) is 0 Å². The van der Waals surface area contributed by atoms with Crippen molar-refractivity contribution >= 4 is 21.9 Å². The average molecular weight is 230 g/mol. The van der Waals surface area contributed by atoms with Gasteiger partial charge in [-0.2, -0.15) is 0 Å². The summed E-state index contributed by atoms with van der Waals surface area (Å²) in [5.74, 6) is -1.36. The molecule has 64 valence electrons. The van der Waals surface area contributed by atoms with Crippen LogP contribution in [0, 0.1) is 0 Å². The number of nitrogens with zero attached hydrogens (tertiary/aromatic N) is 1. The van der Waals surface area contributed by atoms with Gasteiger partial charge >= 0.3 is 5.97 Å². The highest BCUT2D eigenvalue weighted by Gasteiger charge is 2.15. The monoisotopic (exact) mass is 229 g/mol. The molecule has 1 unspecified atom stereocenters. The number of pyridine rings is 1. The number of hydrogen-bond donors (Lipinski definition) is 1. The molecule has 1 atom stereocenters. The van der Waals surface area contributed by atoms with Gasteiger partial charge in [-0.15, -0.1) is 0 Å². The van der Waals surface area contributed by atoms with Gasteiger partial charge in [-0.05, 0) is 18.6 Å². The Labute approximate surface area is 78.6 Å². The van der Waals surface area contributed by atoms with Crippen LogP contribution in [0.1, 0.15) is 18.4 Å². The molecule has 1 rings (SSSR count). The molecular weight excluding hydrogens is 222 g/mol. The Balaban J connectivity index is 3.02. The van der Waals surface area contributed by atoms with Gasteiger partial charge in [0.1, 0.15) is 0 Å². The second kappa shape index (κ2) is 3.67. The SMILES string of the molecule is CC(C(=O)O)c1cnccc1Br. The predicted molar refractivity (Wildman–Crippen MR) is 48.0 cm³/mol. The van der Waals surface area contributed by atoms with Crippen LogP contribution in [-0.2, 0) is 4.79 Å². The Morgan fingerprint density at radius 2 is 2.42 bits per heavy atom. The number of carboxylic acid groups (broad SMARTS) is 1. The van der Waals surface area contributed by atoms with Crippen LogP contribution in [0.3, 0.4) is 0 Å². The van der Waals surface area contributed by atoms with Crippen molar-refractivity contribution in [1.29, 1.82) is 0 Å². The standard InChI is InChI=1S/C8H8BrNO2/c1-5(8(11)12)6-4-10-3-2-7(6)9/h2-5H,1H3,(H,11,12). The summed E-state index contributed by atoms with van der Waals surface area (Å²) in [5, 5.41) is 8.71. The maximum atomic E-state index is 10.6. The van der Waals surface area contributed by atoms with Gasteiger partial charge in [0.15, 0.2) is 0 Å². The third-order valence-electron chi connectivity index (χ3n) is 1.63. The lowest BCUT2D eigenvalue weighted by atomic mass is 10.0. The maximum Gasteiger partial charge on any atom is 0.310 e. The van der Waals surface area contributed by atoms with Crippen LogP contribution in [0.4, 0.5) is 0 Å². The molecule has 1 aromatic heterocycles. The number of hydrogen-bond acceptors (Lipinski definition) is 2. The molecule has 1 N–H and O–H groups in total. The fraction of sp³-hybridized carbons (Fsp3) is 0.250. The van der Waals surface area contributed by atoms with Gasteiger partial charge in [-0.1, -0.05) is 15.9 Å².